The van der Waals surface area contributed by atoms with Gasteiger partial charge in [0.05, 0.1) is 0 Å². The molecule has 0 amide bonds. The molecule has 0 radical (unpaired) electrons. The van der Waals surface area contributed by atoms with Crippen LogP contribution in [-0.2, 0) is 6.42 Å². The summed E-state index contributed by atoms with van der Waals surface area (Å²) in [5.74, 6) is 0.959. The lowest BCUT2D eigenvalue weighted by atomic mass is 10.1. The maximum absolute atomic E-state index is 4.04. The molecular formula is C14H22N2. The fraction of sp³-hybridized carbons (Fsp3) is 0.643. The van der Waals surface area contributed by atoms with Crippen LogP contribution in [0.5, 0.6) is 0 Å². The molecule has 16 heavy (non-hydrogen) atoms. The molecule has 1 unspecified atom stereocenters. The van der Waals surface area contributed by atoms with Crippen molar-refractivity contribution in [3.8, 4) is 0 Å². The zero-order valence-electron chi connectivity index (χ0n) is 10.2. The van der Waals surface area contributed by atoms with Gasteiger partial charge in [-0.1, -0.05) is 13.3 Å². The second-order valence-electron chi connectivity index (χ2n) is 4.82. The maximum Gasteiger partial charge on any atom is 0.0270 e. The van der Waals surface area contributed by atoms with Gasteiger partial charge in [-0.2, -0.15) is 0 Å². The minimum Gasteiger partial charge on any atom is -0.303 e. The Labute approximate surface area is 98.7 Å². The minimum absolute atomic E-state index is 0.959. The number of aromatic nitrogens is 1. The number of hydrogen-bond acceptors (Lipinski definition) is 2. The molecule has 1 saturated heterocycles. The first-order chi connectivity index (χ1) is 7.88. The summed E-state index contributed by atoms with van der Waals surface area (Å²) < 4.78 is 0. The van der Waals surface area contributed by atoms with Gasteiger partial charge >= 0.3 is 0 Å². The average Bonchev–Trinajstić information content (AvgIpc) is 2.78. The van der Waals surface area contributed by atoms with E-state index in [9.17, 15) is 0 Å². The van der Waals surface area contributed by atoms with Crippen molar-refractivity contribution in [2.45, 2.75) is 32.6 Å². The maximum atomic E-state index is 4.04. The molecule has 0 spiro atoms. The van der Waals surface area contributed by atoms with E-state index in [0.29, 0.717) is 0 Å². The zero-order chi connectivity index (χ0) is 11.2. The summed E-state index contributed by atoms with van der Waals surface area (Å²) in [6.45, 7) is 6.21. The number of likely N-dealkylation sites (tertiary alicyclic amines) is 1. The Morgan fingerprint density at radius 1 is 1.38 bits per heavy atom. The summed E-state index contributed by atoms with van der Waals surface area (Å²) in [7, 11) is 0. The topological polar surface area (TPSA) is 16.1 Å². The summed E-state index contributed by atoms with van der Waals surface area (Å²) in [6.07, 6.45) is 9.00. The Morgan fingerprint density at radius 3 is 2.88 bits per heavy atom. The standard InChI is InChI=1S/C14H22N2/c1-2-13-7-11-16(12-13)10-3-4-14-5-8-15-9-6-14/h5-6,8-9,13H,2-4,7,10-12H2,1H3. The van der Waals surface area contributed by atoms with Gasteiger partial charge in [-0.25, -0.2) is 0 Å². The first-order valence-corrected chi connectivity index (χ1v) is 6.49. The van der Waals surface area contributed by atoms with Crippen molar-refractivity contribution in [3.05, 3.63) is 30.1 Å². The van der Waals surface area contributed by atoms with Crippen LogP contribution in [0.4, 0.5) is 0 Å². The van der Waals surface area contributed by atoms with E-state index in [-0.39, 0.29) is 0 Å². The second-order valence-corrected chi connectivity index (χ2v) is 4.82. The van der Waals surface area contributed by atoms with Gasteiger partial charge in [-0.3, -0.25) is 4.98 Å². The van der Waals surface area contributed by atoms with Gasteiger partial charge in [0, 0.05) is 18.9 Å². The molecule has 2 heterocycles. The van der Waals surface area contributed by atoms with E-state index in [2.05, 4.69) is 28.9 Å². The van der Waals surface area contributed by atoms with Crippen molar-refractivity contribution in [3.63, 3.8) is 0 Å². The van der Waals surface area contributed by atoms with Gasteiger partial charge < -0.3 is 4.90 Å². The molecule has 0 N–H and O–H groups in total. The summed E-state index contributed by atoms with van der Waals surface area (Å²) in [6, 6.07) is 4.25. The molecule has 1 aliphatic heterocycles. The molecular weight excluding hydrogens is 196 g/mol. The lowest BCUT2D eigenvalue weighted by Crippen LogP contribution is -2.22. The molecule has 2 nitrogen and oxygen atoms in total. The molecule has 1 fully saturated rings. The third-order valence-corrected chi connectivity index (χ3v) is 3.64. The number of aryl methyl sites for hydroxylation is 1. The summed E-state index contributed by atoms with van der Waals surface area (Å²) in [5.41, 5.74) is 1.42. The molecule has 1 aliphatic rings. The van der Waals surface area contributed by atoms with Crippen LogP contribution in [0.25, 0.3) is 0 Å². The molecule has 0 bridgehead atoms. The van der Waals surface area contributed by atoms with Crippen LogP contribution < -0.4 is 0 Å². The van der Waals surface area contributed by atoms with Crippen molar-refractivity contribution >= 4 is 0 Å². The van der Waals surface area contributed by atoms with Crippen LogP contribution in [0.1, 0.15) is 31.7 Å². The van der Waals surface area contributed by atoms with E-state index in [1.54, 1.807) is 0 Å². The Hall–Kier alpha value is -0.890. The van der Waals surface area contributed by atoms with Crippen molar-refractivity contribution in [2.75, 3.05) is 19.6 Å². The minimum atomic E-state index is 0.959. The quantitative estimate of drug-likeness (QED) is 0.755. The molecule has 0 aromatic carbocycles. The Balaban J connectivity index is 1.65. The Bertz CT molecular complexity index is 297. The predicted molar refractivity (Wildman–Crippen MR) is 67.4 cm³/mol. The highest BCUT2D eigenvalue weighted by atomic mass is 15.1. The van der Waals surface area contributed by atoms with E-state index in [1.807, 2.05) is 12.4 Å². The molecule has 88 valence electrons. The van der Waals surface area contributed by atoms with Crippen LogP contribution in [0, 0.1) is 5.92 Å². The second kappa shape index (κ2) is 6.00. The van der Waals surface area contributed by atoms with Crippen molar-refractivity contribution in [1.29, 1.82) is 0 Å². The SMILES string of the molecule is CCC1CCN(CCCc2ccncc2)C1. The van der Waals surface area contributed by atoms with Crippen molar-refractivity contribution < 1.29 is 0 Å². The van der Waals surface area contributed by atoms with Crippen molar-refractivity contribution in [1.82, 2.24) is 9.88 Å². The average molecular weight is 218 g/mol. The molecule has 0 aliphatic carbocycles. The monoisotopic (exact) mass is 218 g/mol. The Kier molecular flexibility index (Phi) is 4.34. The number of nitrogens with zero attached hydrogens (tertiary/aromatic N) is 2. The van der Waals surface area contributed by atoms with Gasteiger partial charge in [-0.15, -0.1) is 0 Å². The van der Waals surface area contributed by atoms with Crippen LogP contribution in [-0.4, -0.2) is 29.5 Å². The van der Waals surface area contributed by atoms with Crippen LogP contribution in [0.2, 0.25) is 0 Å². The number of rotatable bonds is 5. The molecule has 1 aromatic heterocycles. The fourth-order valence-corrected chi connectivity index (χ4v) is 2.51. The number of hydrogen-bond donors (Lipinski definition) is 0. The third-order valence-electron chi connectivity index (χ3n) is 3.64. The van der Waals surface area contributed by atoms with Gasteiger partial charge in [-0.05, 0) is 56.0 Å². The first kappa shape index (κ1) is 11.6. The Morgan fingerprint density at radius 2 is 2.19 bits per heavy atom. The fourth-order valence-electron chi connectivity index (χ4n) is 2.51. The summed E-state index contributed by atoms with van der Waals surface area (Å²) in [5, 5.41) is 0. The zero-order valence-corrected chi connectivity index (χ0v) is 10.2. The van der Waals surface area contributed by atoms with Crippen molar-refractivity contribution in [2.24, 2.45) is 5.92 Å². The molecule has 2 rings (SSSR count). The van der Waals surface area contributed by atoms with Gasteiger partial charge in [0.15, 0.2) is 0 Å². The van der Waals surface area contributed by atoms with E-state index >= 15 is 0 Å². The molecule has 2 heteroatoms. The molecule has 1 aromatic rings. The summed E-state index contributed by atoms with van der Waals surface area (Å²) >= 11 is 0. The predicted octanol–water partition coefficient (Wildman–Crippen LogP) is 2.75. The lowest BCUT2D eigenvalue weighted by Gasteiger charge is -2.15. The summed E-state index contributed by atoms with van der Waals surface area (Å²) in [4.78, 5) is 6.66. The van der Waals surface area contributed by atoms with Crippen LogP contribution in [0.3, 0.4) is 0 Å². The van der Waals surface area contributed by atoms with Gasteiger partial charge in [0.2, 0.25) is 0 Å². The van der Waals surface area contributed by atoms with E-state index in [4.69, 9.17) is 0 Å². The number of pyridine rings is 1. The first-order valence-electron chi connectivity index (χ1n) is 6.49. The molecule has 1 atom stereocenters. The highest BCUT2D eigenvalue weighted by molar-refractivity contribution is 5.09. The highest BCUT2D eigenvalue weighted by Crippen LogP contribution is 2.19. The van der Waals surface area contributed by atoms with E-state index in [0.717, 1.165) is 5.92 Å². The van der Waals surface area contributed by atoms with E-state index < -0.39 is 0 Å². The van der Waals surface area contributed by atoms with Crippen LogP contribution >= 0.6 is 0 Å². The smallest absolute Gasteiger partial charge is 0.0270 e. The molecule has 0 saturated carbocycles. The van der Waals surface area contributed by atoms with Gasteiger partial charge in [0.1, 0.15) is 0 Å². The normalized spacial score (nSPS) is 21.4. The highest BCUT2D eigenvalue weighted by Gasteiger charge is 2.19. The van der Waals surface area contributed by atoms with Gasteiger partial charge in [0.25, 0.3) is 0 Å². The third kappa shape index (κ3) is 3.31. The van der Waals surface area contributed by atoms with E-state index in [1.165, 1.54) is 50.9 Å². The largest absolute Gasteiger partial charge is 0.303 e. The lowest BCUT2D eigenvalue weighted by molar-refractivity contribution is 0.318. The van der Waals surface area contributed by atoms with Crippen LogP contribution in [0.15, 0.2) is 24.5 Å².